The molecule has 2 aliphatic heterocycles. The zero-order valence-electron chi connectivity index (χ0n) is 15.7. The molecule has 0 bridgehead atoms. The molecule has 1 aromatic rings. The molecule has 0 saturated carbocycles. The Balaban J connectivity index is 1.59. The minimum atomic E-state index is -0.485. The summed E-state index contributed by atoms with van der Waals surface area (Å²) in [6.45, 7) is 1.30. The van der Waals surface area contributed by atoms with Gasteiger partial charge in [-0.2, -0.15) is 0 Å². The number of carbonyl (C=O) groups excluding carboxylic acids is 2. The second kappa shape index (κ2) is 8.69. The summed E-state index contributed by atoms with van der Waals surface area (Å²) in [5, 5.41) is 5.96. The van der Waals surface area contributed by atoms with Gasteiger partial charge in [0.05, 0.1) is 13.2 Å². The second-order valence-corrected chi connectivity index (χ2v) is 7.41. The van der Waals surface area contributed by atoms with Crippen molar-refractivity contribution in [2.45, 2.75) is 56.6 Å². The molecule has 7 heteroatoms. The van der Waals surface area contributed by atoms with Crippen LogP contribution in [0.2, 0.25) is 0 Å². The lowest BCUT2D eigenvalue weighted by atomic mass is 9.85. The number of amides is 2. The van der Waals surface area contributed by atoms with Gasteiger partial charge in [0.2, 0.25) is 11.8 Å². The molecule has 2 atom stereocenters. The standard InChI is InChI=1S/C20H27FN2O4/c1-26-17-11-14(4-5-16(17)21)12-20(9-7-19(25)23-20)8-6-18(24)22-13-15-3-2-10-27-15/h4-5,11,15H,2-3,6-10,12-13H2,1H3,(H,22,24)(H,23,25)/t15-,20+/m0/s1. The molecule has 2 N–H and O–H groups in total. The van der Waals surface area contributed by atoms with E-state index in [0.29, 0.717) is 38.6 Å². The molecular formula is C20H27FN2O4. The Morgan fingerprint density at radius 2 is 2.33 bits per heavy atom. The third kappa shape index (κ3) is 5.19. The van der Waals surface area contributed by atoms with E-state index in [0.717, 1.165) is 25.0 Å². The topological polar surface area (TPSA) is 76.7 Å². The predicted octanol–water partition coefficient (Wildman–Crippen LogP) is 2.10. The smallest absolute Gasteiger partial charge is 0.220 e. The molecule has 2 amide bonds. The minimum absolute atomic E-state index is 0.0103. The first kappa shape index (κ1) is 19.6. The Kier molecular flexibility index (Phi) is 6.31. The number of hydrogen-bond acceptors (Lipinski definition) is 4. The lowest BCUT2D eigenvalue weighted by Crippen LogP contribution is -2.44. The number of ether oxygens (including phenoxy) is 2. The van der Waals surface area contributed by atoms with Crippen molar-refractivity contribution in [2.24, 2.45) is 0 Å². The van der Waals surface area contributed by atoms with Gasteiger partial charge in [-0.25, -0.2) is 4.39 Å². The van der Waals surface area contributed by atoms with Crippen molar-refractivity contribution in [3.8, 4) is 5.75 Å². The average molecular weight is 378 g/mol. The van der Waals surface area contributed by atoms with E-state index in [4.69, 9.17) is 9.47 Å². The Hall–Kier alpha value is -2.15. The van der Waals surface area contributed by atoms with Crippen LogP contribution in [0.25, 0.3) is 0 Å². The van der Waals surface area contributed by atoms with Crippen molar-refractivity contribution >= 4 is 11.8 Å². The van der Waals surface area contributed by atoms with Crippen LogP contribution in [0.5, 0.6) is 5.75 Å². The molecule has 0 aliphatic carbocycles. The molecule has 0 aromatic heterocycles. The van der Waals surface area contributed by atoms with Gasteiger partial charge >= 0.3 is 0 Å². The van der Waals surface area contributed by atoms with Crippen LogP contribution in [0, 0.1) is 5.82 Å². The number of rotatable bonds is 8. The van der Waals surface area contributed by atoms with E-state index < -0.39 is 11.4 Å². The van der Waals surface area contributed by atoms with Crippen LogP contribution in [-0.2, 0) is 20.7 Å². The summed E-state index contributed by atoms with van der Waals surface area (Å²) in [6.07, 6.45) is 4.63. The number of halogens is 1. The lowest BCUT2D eigenvalue weighted by Gasteiger charge is -2.29. The van der Waals surface area contributed by atoms with Gasteiger partial charge in [0.1, 0.15) is 0 Å². The molecule has 27 heavy (non-hydrogen) atoms. The maximum absolute atomic E-state index is 13.6. The zero-order chi connectivity index (χ0) is 19.3. The van der Waals surface area contributed by atoms with Crippen LogP contribution in [0.3, 0.4) is 0 Å². The molecule has 0 unspecified atom stereocenters. The van der Waals surface area contributed by atoms with E-state index in [1.54, 1.807) is 12.1 Å². The number of nitrogens with one attached hydrogen (secondary N) is 2. The van der Waals surface area contributed by atoms with Crippen LogP contribution < -0.4 is 15.4 Å². The molecule has 2 heterocycles. The lowest BCUT2D eigenvalue weighted by molar-refractivity contribution is -0.123. The summed E-state index contributed by atoms with van der Waals surface area (Å²) in [6, 6.07) is 4.72. The van der Waals surface area contributed by atoms with Gasteiger partial charge < -0.3 is 20.1 Å². The molecule has 2 fully saturated rings. The van der Waals surface area contributed by atoms with Gasteiger partial charge in [-0.05, 0) is 49.8 Å². The Morgan fingerprint density at radius 3 is 3.00 bits per heavy atom. The molecule has 0 spiro atoms. The molecule has 2 saturated heterocycles. The monoisotopic (exact) mass is 378 g/mol. The maximum Gasteiger partial charge on any atom is 0.220 e. The fourth-order valence-corrected chi connectivity index (χ4v) is 3.86. The highest BCUT2D eigenvalue weighted by Gasteiger charge is 2.38. The summed E-state index contributed by atoms with van der Waals surface area (Å²) in [7, 11) is 1.42. The Labute approximate surface area is 158 Å². The third-order valence-electron chi connectivity index (χ3n) is 5.37. The number of methoxy groups -OCH3 is 1. The zero-order valence-corrected chi connectivity index (χ0v) is 15.7. The quantitative estimate of drug-likeness (QED) is 0.726. The summed E-state index contributed by atoms with van der Waals surface area (Å²) in [4.78, 5) is 24.1. The van der Waals surface area contributed by atoms with Crippen LogP contribution in [-0.4, -0.2) is 43.7 Å². The molecule has 148 valence electrons. The second-order valence-electron chi connectivity index (χ2n) is 7.41. The van der Waals surface area contributed by atoms with Crippen molar-refractivity contribution in [1.29, 1.82) is 0 Å². The van der Waals surface area contributed by atoms with Crippen molar-refractivity contribution in [2.75, 3.05) is 20.3 Å². The van der Waals surface area contributed by atoms with Crippen LogP contribution in [0.4, 0.5) is 4.39 Å². The van der Waals surface area contributed by atoms with E-state index in [1.165, 1.54) is 13.2 Å². The summed E-state index contributed by atoms with van der Waals surface area (Å²) in [5.41, 5.74) is 0.386. The highest BCUT2D eigenvalue weighted by atomic mass is 19.1. The van der Waals surface area contributed by atoms with Crippen LogP contribution in [0.15, 0.2) is 18.2 Å². The fraction of sp³-hybridized carbons (Fsp3) is 0.600. The first-order chi connectivity index (χ1) is 13.0. The Morgan fingerprint density at radius 1 is 1.48 bits per heavy atom. The largest absolute Gasteiger partial charge is 0.494 e. The SMILES string of the molecule is COc1cc(C[C@@]2(CCC(=O)NC[C@@H]3CCCO3)CCC(=O)N2)ccc1F. The van der Waals surface area contributed by atoms with Crippen molar-refractivity contribution in [3.63, 3.8) is 0 Å². The van der Waals surface area contributed by atoms with E-state index in [1.807, 2.05) is 0 Å². The first-order valence-electron chi connectivity index (χ1n) is 9.51. The maximum atomic E-state index is 13.6. The fourth-order valence-electron chi connectivity index (χ4n) is 3.86. The molecule has 3 rings (SSSR count). The third-order valence-corrected chi connectivity index (χ3v) is 5.37. The van der Waals surface area contributed by atoms with E-state index >= 15 is 0 Å². The number of carbonyl (C=O) groups is 2. The molecule has 1 aromatic carbocycles. The van der Waals surface area contributed by atoms with Gasteiger partial charge in [-0.1, -0.05) is 6.07 Å². The highest BCUT2D eigenvalue weighted by molar-refractivity contribution is 5.80. The van der Waals surface area contributed by atoms with Gasteiger partial charge in [0, 0.05) is 31.5 Å². The molecule has 0 radical (unpaired) electrons. The number of hydrogen-bond donors (Lipinski definition) is 2. The summed E-state index contributed by atoms with van der Waals surface area (Å²) < 4.78 is 24.2. The summed E-state index contributed by atoms with van der Waals surface area (Å²) >= 11 is 0. The van der Waals surface area contributed by atoms with Crippen molar-refractivity contribution in [1.82, 2.24) is 10.6 Å². The highest BCUT2D eigenvalue weighted by Crippen LogP contribution is 2.31. The predicted molar refractivity (Wildman–Crippen MR) is 98.0 cm³/mol. The van der Waals surface area contributed by atoms with E-state index in [-0.39, 0.29) is 23.7 Å². The normalized spacial score (nSPS) is 24.7. The molecular weight excluding hydrogens is 351 g/mol. The van der Waals surface area contributed by atoms with Gasteiger partial charge in [0.15, 0.2) is 11.6 Å². The van der Waals surface area contributed by atoms with Gasteiger partial charge in [-0.15, -0.1) is 0 Å². The van der Waals surface area contributed by atoms with Crippen LogP contribution >= 0.6 is 0 Å². The summed E-state index contributed by atoms with van der Waals surface area (Å²) in [5.74, 6) is -0.285. The number of benzene rings is 1. The Bertz CT molecular complexity index is 691. The molecule has 6 nitrogen and oxygen atoms in total. The van der Waals surface area contributed by atoms with E-state index in [9.17, 15) is 14.0 Å². The van der Waals surface area contributed by atoms with Gasteiger partial charge in [-0.3, -0.25) is 9.59 Å². The van der Waals surface area contributed by atoms with E-state index in [2.05, 4.69) is 10.6 Å². The van der Waals surface area contributed by atoms with Crippen molar-refractivity contribution < 1.29 is 23.5 Å². The van der Waals surface area contributed by atoms with Crippen molar-refractivity contribution in [3.05, 3.63) is 29.6 Å². The minimum Gasteiger partial charge on any atom is -0.494 e. The molecule has 2 aliphatic rings. The average Bonchev–Trinajstić information content (AvgIpc) is 3.30. The van der Waals surface area contributed by atoms with Gasteiger partial charge in [0.25, 0.3) is 0 Å². The first-order valence-corrected chi connectivity index (χ1v) is 9.51. The van der Waals surface area contributed by atoms with Crippen LogP contribution in [0.1, 0.15) is 44.1 Å².